The molecule has 0 amide bonds. The van der Waals surface area contributed by atoms with Gasteiger partial charge in [-0.3, -0.25) is 4.98 Å². The minimum absolute atomic E-state index is 0.271. The average Bonchev–Trinajstić information content (AvgIpc) is 2.50. The molecule has 0 spiro atoms. The fraction of sp³-hybridized carbons (Fsp3) is 0.0588. The van der Waals surface area contributed by atoms with E-state index in [0.29, 0.717) is 0 Å². The lowest BCUT2D eigenvalue weighted by Crippen LogP contribution is -2.36. The lowest BCUT2D eigenvalue weighted by atomic mass is 10.1. The Balaban J connectivity index is 1.98. The zero-order valence-electron chi connectivity index (χ0n) is 11.0. The number of phenolic OH excluding ortho intramolecular Hbond substituents is 1. The van der Waals surface area contributed by atoms with Gasteiger partial charge < -0.3 is 5.11 Å². The molecule has 0 saturated heterocycles. The van der Waals surface area contributed by atoms with Crippen molar-refractivity contribution in [2.75, 3.05) is 0 Å². The van der Waals surface area contributed by atoms with E-state index in [9.17, 15) is 5.11 Å². The van der Waals surface area contributed by atoms with Crippen LogP contribution in [0.3, 0.4) is 0 Å². The molecule has 3 aromatic rings. The third kappa shape index (κ3) is 2.67. The fourth-order valence-electron chi connectivity index (χ4n) is 2.18. The van der Waals surface area contributed by atoms with Crippen LogP contribution in [0.15, 0.2) is 73.2 Å². The van der Waals surface area contributed by atoms with Crippen molar-refractivity contribution < 1.29 is 9.67 Å². The highest BCUT2D eigenvalue weighted by molar-refractivity contribution is 5.56. The van der Waals surface area contributed by atoms with Crippen molar-refractivity contribution in [3.63, 3.8) is 0 Å². The molecule has 0 aliphatic carbocycles. The highest BCUT2D eigenvalue weighted by atomic mass is 16.3. The second kappa shape index (κ2) is 5.53. The summed E-state index contributed by atoms with van der Waals surface area (Å²) in [5.74, 6) is 0.271. The number of hydrogen-bond donors (Lipinski definition) is 1. The summed E-state index contributed by atoms with van der Waals surface area (Å²) < 4.78 is 2.15. The SMILES string of the molecule is Oc1ccc(-c2cncc[n+]2Cc2ccccc2)cc1. The smallest absolute Gasteiger partial charge is 0.231 e. The van der Waals surface area contributed by atoms with Gasteiger partial charge in [-0.05, 0) is 24.3 Å². The van der Waals surface area contributed by atoms with Crippen LogP contribution in [0.2, 0.25) is 0 Å². The predicted molar refractivity (Wildman–Crippen MR) is 77.1 cm³/mol. The van der Waals surface area contributed by atoms with Gasteiger partial charge in [0.1, 0.15) is 5.75 Å². The van der Waals surface area contributed by atoms with Crippen LogP contribution in [-0.2, 0) is 6.54 Å². The zero-order valence-corrected chi connectivity index (χ0v) is 11.0. The molecule has 3 nitrogen and oxygen atoms in total. The summed E-state index contributed by atoms with van der Waals surface area (Å²) >= 11 is 0. The fourth-order valence-corrected chi connectivity index (χ4v) is 2.18. The molecule has 0 unspecified atom stereocenters. The zero-order chi connectivity index (χ0) is 13.8. The topological polar surface area (TPSA) is 37.0 Å². The monoisotopic (exact) mass is 263 g/mol. The van der Waals surface area contributed by atoms with Crippen molar-refractivity contribution in [2.45, 2.75) is 6.54 Å². The molecule has 1 N–H and O–H groups in total. The number of benzene rings is 2. The standard InChI is InChI=1S/C17H14N2O/c20-16-8-6-15(7-9-16)17-12-18-10-11-19(17)13-14-4-2-1-3-5-14/h1-12H,13H2/p+1. The Morgan fingerprint density at radius 2 is 1.70 bits per heavy atom. The van der Waals surface area contributed by atoms with Gasteiger partial charge in [-0.15, -0.1) is 0 Å². The molecular formula is C17H15N2O+. The summed E-state index contributed by atoms with van der Waals surface area (Å²) in [6, 6.07) is 17.5. The van der Waals surface area contributed by atoms with Gasteiger partial charge in [-0.25, -0.2) is 0 Å². The van der Waals surface area contributed by atoms with E-state index < -0.39 is 0 Å². The van der Waals surface area contributed by atoms with E-state index in [1.807, 2.05) is 42.7 Å². The van der Waals surface area contributed by atoms with Crippen LogP contribution in [0.1, 0.15) is 5.56 Å². The lowest BCUT2D eigenvalue weighted by molar-refractivity contribution is -0.678. The van der Waals surface area contributed by atoms with E-state index in [1.165, 1.54) is 5.56 Å². The first-order chi connectivity index (χ1) is 9.83. The summed E-state index contributed by atoms with van der Waals surface area (Å²) in [6.07, 6.45) is 5.59. The Kier molecular flexibility index (Phi) is 3.42. The minimum atomic E-state index is 0.271. The van der Waals surface area contributed by atoms with E-state index in [4.69, 9.17) is 0 Å². The van der Waals surface area contributed by atoms with Crippen LogP contribution in [-0.4, -0.2) is 10.1 Å². The molecule has 2 aromatic carbocycles. The first-order valence-electron chi connectivity index (χ1n) is 6.50. The second-order valence-electron chi connectivity index (χ2n) is 4.62. The van der Waals surface area contributed by atoms with Gasteiger partial charge in [0.15, 0.2) is 12.7 Å². The van der Waals surface area contributed by atoms with Gasteiger partial charge in [0, 0.05) is 11.1 Å². The molecule has 98 valence electrons. The van der Waals surface area contributed by atoms with E-state index in [-0.39, 0.29) is 5.75 Å². The molecule has 0 bridgehead atoms. The highest BCUT2D eigenvalue weighted by Crippen LogP contribution is 2.18. The largest absolute Gasteiger partial charge is 0.508 e. The molecule has 0 aliphatic rings. The Morgan fingerprint density at radius 1 is 0.950 bits per heavy atom. The Bertz CT molecular complexity index is 694. The van der Waals surface area contributed by atoms with E-state index in [1.54, 1.807) is 18.3 Å². The van der Waals surface area contributed by atoms with Crippen molar-refractivity contribution in [3.05, 3.63) is 78.8 Å². The van der Waals surface area contributed by atoms with Crippen molar-refractivity contribution in [1.82, 2.24) is 4.98 Å². The summed E-state index contributed by atoms with van der Waals surface area (Å²) in [6.45, 7) is 0.791. The summed E-state index contributed by atoms with van der Waals surface area (Å²) in [4.78, 5) is 4.20. The van der Waals surface area contributed by atoms with Crippen LogP contribution < -0.4 is 4.57 Å². The Morgan fingerprint density at radius 3 is 2.45 bits per heavy atom. The average molecular weight is 263 g/mol. The molecule has 3 rings (SSSR count). The molecular weight excluding hydrogens is 248 g/mol. The Labute approximate surface area is 117 Å². The van der Waals surface area contributed by atoms with Crippen molar-refractivity contribution >= 4 is 0 Å². The maximum absolute atomic E-state index is 9.39. The van der Waals surface area contributed by atoms with Gasteiger partial charge in [0.05, 0.1) is 12.4 Å². The third-order valence-corrected chi connectivity index (χ3v) is 3.20. The van der Waals surface area contributed by atoms with Crippen LogP contribution in [0.5, 0.6) is 5.75 Å². The number of nitrogens with zero attached hydrogens (tertiary/aromatic N) is 2. The normalized spacial score (nSPS) is 10.4. The van der Waals surface area contributed by atoms with Crippen molar-refractivity contribution in [2.24, 2.45) is 0 Å². The van der Waals surface area contributed by atoms with Crippen molar-refractivity contribution in [3.8, 4) is 17.0 Å². The molecule has 0 atom stereocenters. The van der Waals surface area contributed by atoms with Gasteiger partial charge in [-0.1, -0.05) is 30.3 Å². The number of hydrogen-bond acceptors (Lipinski definition) is 2. The van der Waals surface area contributed by atoms with Crippen LogP contribution in [0.4, 0.5) is 0 Å². The predicted octanol–water partition coefficient (Wildman–Crippen LogP) is 2.79. The van der Waals surface area contributed by atoms with Gasteiger partial charge >= 0.3 is 0 Å². The molecule has 0 fully saturated rings. The van der Waals surface area contributed by atoms with Crippen LogP contribution >= 0.6 is 0 Å². The number of aromatic nitrogens is 2. The summed E-state index contributed by atoms with van der Waals surface area (Å²) in [7, 11) is 0. The second-order valence-corrected chi connectivity index (χ2v) is 4.62. The van der Waals surface area contributed by atoms with E-state index >= 15 is 0 Å². The minimum Gasteiger partial charge on any atom is -0.508 e. The molecule has 0 saturated carbocycles. The van der Waals surface area contributed by atoms with Gasteiger partial charge in [0.2, 0.25) is 5.69 Å². The van der Waals surface area contributed by atoms with E-state index in [0.717, 1.165) is 17.8 Å². The molecule has 3 heteroatoms. The first kappa shape index (κ1) is 12.4. The number of aromatic hydroxyl groups is 1. The van der Waals surface area contributed by atoms with Crippen LogP contribution in [0, 0.1) is 0 Å². The maximum atomic E-state index is 9.39. The Hall–Kier alpha value is -2.68. The molecule has 1 aromatic heterocycles. The van der Waals surface area contributed by atoms with Crippen molar-refractivity contribution in [1.29, 1.82) is 0 Å². The molecule has 0 radical (unpaired) electrons. The quantitative estimate of drug-likeness (QED) is 0.738. The highest BCUT2D eigenvalue weighted by Gasteiger charge is 2.13. The number of rotatable bonds is 3. The van der Waals surface area contributed by atoms with Gasteiger partial charge in [-0.2, -0.15) is 4.57 Å². The summed E-state index contributed by atoms with van der Waals surface area (Å²) in [5.41, 5.74) is 3.30. The third-order valence-electron chi connectivity index (χ3n) is 3.20. The lowest BCUT2D eigenvalue weighted by Gasteiger charge is -2.04. The molecule has 1 heterocycles. The first-order valence-corrected chi connectivity index (χ1v) is 6.50. The molecule has 0 aliphatic heterocycles. The number of phenols is 1. The van der Waals surface area contributed by atoms with Gasteiger partial charge in [0.25, 0.3) is 0 Å². The molecule has 20 heavy (non-hydrogen) atoms. The summed E-state index contributed by atoms with van der Waals surface area (Å²) in [5, 5.41) is 9.39. The van der Waals surface area contributed by atoms with E-state index in [2.05, 4.69) is 21.7 Å². The van der Waals surface area contributed by atoms with Crippen LogP contribution in [0.25, 0.3) is 11.3 Å². The maximum Gasteiger partial charge on any atom is 0.231 e.